The van der Waals surface area contributed by atoms with Crippen LogP contribution in [0.2, 0.25) is 0 Å². The van der Waals surface area contributed by atoms with Gasteiger partial charge in [0.1, 0.15) is 0 Å². The molecule has 2 rings (SSSR count). The molecular formula is C21H26O2. The molecule has 0 fully saturated rings. The van der Waals surface area contributed by atoms with E-state index >= 15 is 0 Å². The zero-order chi connectivity index (χ0) is 16.7. The lowest BCUT2D eigenvalue weighted by molar-refractivity contribution is 0.0697. The standard InChI is InChI=1S/C21H26O2/c1-3-5-6-16(4-2)15-17-7-9-18(10-8-17)19-11-13-20(14-12-19)21(22)23/h7-14,16H,3-6,15H2,1-2H3,(H,22,23). The Labute approximate surface area is 139 Å². The number of carboxylic acids is 1. The lowest BCUT2D eigenvalue weighted by Crippen LogP contribution is -2.03. The maximum atomic E-state index is 10.9. The third-order valence-electron chi connectivity index (χ3n) is 4.49. The average Bonchev–Trinajstić information content (AvgIpc) is 2.59. The number of rotatable bonds is 8. The minimum atomic E-state index is -0.885. The molecule has 0 aliphatic carbocycles. The van der Waals surface area contributed by atoms with Crippen molar-refractivity contribution in [1.29, 1.82) is 0 Å². The van der Waals surface area contributed by atoms with Crippen LogP contribution in [0.3, 0.4) is 0 Å². The van der Waals surface area contributed by atoms with Crippen LogP contribution in [0.15, 0.2) is 48.5 Å². The molecular weight excluding hydrogens is 284 g/mol. The van der Waals surface area contributed by atoms with Crippen molar-refractivity contribution in [1.82, 2.24) is 0 Å². The SMILES string of the molecule is CCCCC(CC)Cc1ccc(-c2ccc(C(=O)O)cc2)cc1. The Hall–Kier alpha value is -2.09. The molecule has 0 saturated carbocycles. The Morgan fingerprint density at radius 2 is 1.52 bits per heavy atom. The van der Waals surface area contributed by atoms with Crippen molar-refractivity contribution < 1.29 is 9.90 Å². The molecule has 23 heavy (non-hydrogen) atoms. The van der Waals surface area contributed by atoms with E-state index in [1.54, 1.807) is 12.1 Å². The van der Waals surface area contributed by atoms with Crippen LogP contribution in [0, 0.1) is 5.92 Å². The van der Waals surface area contributed by atoms with Crippen molar-refractivity contribution >= 4 is 5.97 Å². The second-order valence-corrected chi connectivity index (χ2v) is 6.20. The minimum absolute atomic E-state index is 0.326. The highest BCUT2D eigenvalue weighted by Crippen LogP contribution is 2.23. The number of aromatic carboxylic acids is 1. The van der Waals surface area contributed by atoms with Crippen LogP contribution < -0.4 is 0 Å². The second kappa shape index (κ2) is 8.52. The maximum absolute atomic E-state index is 10.9. The molecule has 2 aromatic rings. The number of carbonyl (C=O) groups is 1. The number of carboxylic acid groups (broad SMARTS) is 1. The maximum Gasteiger partial charge on any atom is 0.335 e. The number of unbranched alkanes of at least 4 members (excludes halogenated alkanes) is 1. The predicted octanol–water partition coefficient (Wildman–Crippen LogP) is 5.81. The normalized spacial score (nSPS) is 12.1. The average molecular weight is 310 g/mol. The van der Waals surface area contributed by atoms with E-state index in [1.807, 2.05) is 12.1 Å². The van der Waals surface area contributed by atoms with Crippen molar-refractivity contribution in [2.45, 2.75) is 46.0 Å². The molecule has 122 valence electrons. The van der Waals surface area contributed by atoms with Crippen molar-refractivity contribution in [3.8, 4) is 11.1 Å². The highest BCUT2D eigenvalue weighted by molar-refractivity contribution is 5.88. The van der Waals surface area contributed by atoms with E-state index in [4.69, 9.17) is 5.11 Å². The number of benzene rings is 2. The summed E-state index contributed by atoms with van der Waals surface area (Å²) in [6.07, 6.45) is 6.27. The zero-order valence-corrected chi connectivity index (χ0v) is 14.1. The van der Waals surface area contributed by atoms with Gasteiger partial charge in [0, 0.05) is 0 Å². The Balaban J connectivity index is 2.05. The first-order valence-electron chi connectivity index (χ1n) is 8.56. The molecule has 0 heterocycles. The van der Waals surface area contributed by atoms with E-state index in [1.165, 1.54) is 31.2 Å². The van der Waals surface area contributed by atoms with Crippen molar-refractivity contribution in [2.24, 2.45) is 5.92 Å². The van der Waals surface area contributed by atoms with Crippen LogP contribution >= 0.6 is 0 Å². The molecule has 0 aromatic heterocycles. The van der Waals surface area contributed by atoms with Crippen LogP contribution in [0.25, 0.3) is 11.1 Å². The van der Waals surface area contributed by atoms with Gasteiger partial charge in [0.15, 0.2) is 0 Å². The van der Waals surface area contributed by atoms with Gasteiger partial charge in [0.2, 0.25) is 0 Å². The van der Waals surface area contributed by atoms with Crippen LogP contribution in [-0.2, 0) is 6.42 Å². The highest BCUT2D eigenvalue weighted by atomic mass is 16.4. The summed E-state index contributed by atoms with van der Waals surface area (Å²) in [7, 11) is 0. The van der Waals surface area contributed by atoms with Crippen LogP contribution in [0.4, 0.5) is 0 Å². The quantitative estimate of drug-likeness (QED) is 0.668. The first-order chi connectivity index (χ1) is 11.1. The molecule has 0 bridgehead atoms. The first-order valence-corrected chi connectivity index (χ1v) is 8.56. The van der Waals surface area contributed by atoms with E-state index in [9.17, 15) is 4.79 Å². The van der Waals surface area contributed by atoms with Gasteiger partial charge in [-0.25, -0.2) is 4.79 Å². The summed E-state index contributed by atoms with van der Waals surface area (Å²) >= 11 is 0. The van der Waals surface area contributed by atoms with E-state index in [2.05, 4.69) is 38.1 Å². The molecule has 0 aliphatic heterocycles. The molecule has 0 saturated heterocycles. The molecule has 1 unspecified atom stereocenters. The van der Waals surface area contributed by atoms with Crippen LogP contribution in [-0.4, -0.2) is 11.1 Å². The van der Waals surface area contributed by atoms with Crippen LogP contribution in [0.5, 0.6) is 0 Å². The summed E-state index contributed by atoms with van der Waals surface area (Å²) in [6.45, 7) is 4.52. The minimum Gasteiger partial charge on any atom is -0.478 e. The Kier molecular flexibility index (Phi) is 6.40. The van der Waals surface area contributed by atoms with Gasteiger partial charge in [-0.05, 0) is 41.2 Å². The molecule has 0 radical (unpaired) electrons. The zero-order valence-electron chi connectivity index (χ0n) is 14.1. The fourth-order valence-electron chi connectivity index (χ4n) is 2.92. The number of hydrogen-bond acceptors (Lipinski definition) is 1. The topological polar surface area (TPSA) is 37.3 Å². The molecule has 1 N–H and O–H groups in total. The Bertz CT molecular complexity index is 611. The van der Waals surface area contributed by atoms with Gasteiger partial charge < -0.3 is 5.11 Å². The fraction of sp³-hybridized carbons (Fsp3) is 0.381. The van der Waals surface area contributed by atoms with Gasteiger partial charge >= 0.3 is 5.97 Å². The van der Waals surface area contributed by atoms with Gasteiger partial charge in [-0.3, -0.25) is 0 Å². The second-order valence-electron chi connectivity index (χ2n) is 6.20. The predicted molar refractivity (Wildman–Crippen MR) is 95.8 cm³/mol. The summed E-state index contributed by atoms with van der Waals surface area (Å²) in [5, 5.41) is 8.95. The van der Waals surface area contributed by atoms with Gasteiger partial charge in [-0.2, -0.15) is 0 Å². The monoisotopic (exact) mass is 310 g/mol. The van der Waals surface area contributed by atoms with Gasteiger partial charge in [-0.15, -0.1) is 0 Å². The third-order valence-corrected chi connectivity index (χ3v) is 4.49. The smallest absolute Gasteiger partial charge is 0.335 e. The van der Waals surface area contributed by atoms with Gasteiger partial charge in [0.05, 0.1) is 5.56 Å². The summed E-state index contributed by atoms with van der Waals surface area (Å²) in [6, 6.07) is 15.7. The number of hydrogen-bond donors (Lipinski definition) is 1. The molecule has 0 amide bonds. The molecule has 2 aromatic carbocycles. The third kappa shape index (κ3) is 4.95. The fourth-order valence-corrected chi connectivity index (χ4v) is 2.92. The summed E-state index contributed by atoms with van der Waals surface area (Å²) in [4.78, 5) is 10.9. The van der Waals surface area contributed by atoms with E-state index in [0.29, 0.717) is 5.56 Å². The lowest BCUT2D eigenvalue weighted by atomic mass is 9.91. The molecule has 0 aliphatic rings. The molecule has 0 spiro atoms. The summed E-state index contributed by atoms with van der Waals surface area (Å²) < 4.78 is 0. The Morgan fingerprint density at radius 1 is 0.957 bits per heavy atom. The molecule has 2 heteroatoms. The Morgan fingerprint density at radius 3 is 2.00 bits per heavy atom. The molecule has 1 atom stereocenters. The largest absolute Gasteiger partial charge is 0.478 e. The van der Waals surface area contributed by atoms with E-state index < -0.39 is 5.97 Å². The highest BCUT2D eigenvalue weighted by Gasteiger charge is 2.08. The van der Waals surface area contributed by atoms with Gasteiger partial charge in [-0.1, -0.05) is 75.9 Å². The van der Waals surface area contributed by atoms with E-state index in [0.717, 1.165) is 23.5 Å². The van der Waals surface area contributed by atoms with Crippen LogP contribution in [0.1, 0.15) is 55.5 Å². The van der Waals surface area contributed by atoms with Crippen molar-refractivity contribution in [3.05, 3.63) is 59.7 Å². The first kappa shape index (κ1) is 17.3. The summed E-state index contributed by atoms with van der Waals surface area (Å²) in [5.41, 5.74) is 3.90. The van der Waals surface area contributed by atoms with Gasteiger partial charge in [0.25, 0.3) is 0 Å². The van der Waals surface area contributed by atoms with Crippen molar-refractivity contribution in [3.63, 3.8) is 0 Å². The molecule has 2 nitrogen and oxygen atoms in total. The van der Waals surface area contributed by atoms with Crippen molar-refractivity contribution in [2.75, 3.05) is 0 Å². The lowest BCUT2D eigenvalue weighted by Gasteiger charge is -2.14. The summed E-state index contributed by atoms with van der Waals surface area (Å²) in [5.74, 6) is -0.111. The van der Waals surface area contributed by atoms with E-state index in [-0.39, 0.29) is 0 Å².